The molecule has 2 heterocycles. The first kappa shape index (κ1) is 17.5. The van der Waals surface area contributed by atoms with Crippen LogP contribution in [0.25, 0.3) is 11.3 Å². The lowest BCUT2D eigenvalue weighted by Gasteiger charge is -2.36. The SMILES string of the molecule is CN1CCN(c2cc(-c3ccc(F)cc3)nc3c2CCCCCC3)CC1. The molecule has 0 amide bonds. The number of anilines is 1. The number of aryl methyl sites for hydroxylation is 1. The van der Waals surface area contributed by atoms with Crippen molar-refractivity contribution in [3.05, 3.63) is 47.4 Å². The Labute approximate surface area is 155 Å². The molecule has 1 aromatic heterocycles. The van der Waals surface area contributed by atoms with E-state index in [0.29, 0.717) is 0 Å². The molecule has 1 aliphatic heterocycles. The second kappa shape index (κ2) is 7.75. The Balaban J connectivity index is 1.77. The van der Waals surface area contributed by atoms with Crippen molar-refractivity contribution in [3.8, 4) is 11.3 Å². The average molecular weight is 353 g/mol. The fourth-order valence-corrected chi connectivity index (χ4v) is 4.13. The summed E-state index contributed by atoms with van der Waals surface area (Å²) in [4.78, 5) is 9.95. The Morgan fingerprint density at radius 3 is 2.31 bits per heavy atom. The molecular weight excluding hydrogens is 325 g/mol. The monoisotopic (exact) mass is 353 g/mol. The van der Waals surface area contributed by atoms with Gasteiger partial charge in [-0.25, -0.2) is 4.39 Å². The van der Waals surface area contributed by atoms with Gasteiger partial charge in [-0.1, -0.05) is 12.8 Å². The first-order valence-corrected chi connectivity index (χ1v) is 9.93. The van der Waals surface area contributed by atoms with Gasteiger partial charge in [-0.2, -0.15) is 0 Å². The van der Waals surface area contributed by atoms with Gasteiger partial charge in [0.2, 0.25) is 0 Å². The molecule has 0 radical (unpaired) electrons. The fourth-order valence-electron chi connectivity index (χ4n) is 4.13. The van der Waals surface area contributed by atoms with Crippen molar-refractivity contribution >= 4 is 5.69 Å². The van der Waals surface area contributed by atoms with E-state index in [2.05, 4.69) is 22.9 Å². The van der Waals surface area contributed by atoms with E-state index in [-0.39, 0.29) is 5.82 Å². The maximum atomic E-state index is 13.3. The molecule has 1 aliphatic carbocycles. The highest BCUT2D eigenvalue weighted by molar-refractivity contribution is 5.68. The zero-order valence-electron chi connectivity index (χ0n) is 15.7. The smallest absolute Gasteiger partial charge is 0.123 e. The van der Waals surface area contributed by atoms with Crippen molar-refractivity contribution in [2.75, 3.05) is 38.1 Å². The summed E-state index contributed by atoms with van der Waals surface area (Å²) in [6.45, 7) is 4.33. The van der Waals surface area contributed by atoms with Gasteiger partial charge in [0, 0.05) is 43.1 Å². The number of halogens is 1. The molecule has 1 saturated heterocycles. The third kappa shape index (κ3) is 3.75. The molecule has 3 nitrogen and oxygen atoms in total. The summed E-state index contributed by atoms with van der Waals surface area (Å²) in [6.07, 6.45) is 7.28. The molecule has 0 bridgehead atoms. The Hall–Kier alpha value is -1.94. The zero-order valence-corrected chi connectivity index (χ0v) is 15.7. The van der Waals surface area contributed by atoms with E-state index >= 15 is 0 Å². The molecule has 26 heavy (non-hydrogen) atoms. The van der Waals surface area contributed by atoms with Crippen LogP contribution in [-0.4, -0.2) is 43.1 Å². The van der Waals surface area contributed by atoms with Crippen molar-refractivity contribution in [3.63, 3.8) is 0 Å². The first-order valence-electron chi connectivity index (χ1n) is 9.93. The van der Waals surface area contributed by atoms with E-state index in [1.807, 2.05) is 12.1 Å². The summed E-state index contributed by atoms with van der Waals surface area (Å²) >= 11 is 0. The van der Waals surface area contributed by atoms with Crippen LogP contribution in [-0.2, 0) is 12.8 Å². The molecule has 4 heteroatoms. The van der Waals surface area contributed by atoms with Gasteiger partial charge < -0.3 is 9.80 Å². The fraction of sp³-hybridized carbons (Fsp3) is 0.500. The number of hydrogen-bond acceptors (Lipinski definition) is 3. The highest BCUT2D eigenvalue weighted by Gasteiger charge is 2.22. The number of piperazine rings is 1. The second-order valence-corrected chi connectivity index (χ2v) is 7.66. The highest BCUT2D eigenvalue weighted by atomic mass is 19.1. The predicted octanol–water partition coefficient (Wildman–Crippen LogP) is 4.30. The summed E-state index contributed by atoms with van der Waals surface area (Å²) < 4.78 is 13.3. The summed E-state index contributed by atoms with van der Waals surface area (Å²) in [7, 11) is 2.19. The minimum Gasteiger partial charge on any atom is -0.369 e. The van der Waals surface area contributed by atoms with Crippen molar-refractivity contribution in [2.45, 2.75) is 38.5 Å². The molecule has 0 N–H and O–H groups in total. The van der Waals surface area contributed by atoms with Gasteiger partial charge >= 0.3 is 0 Å². The minimum atomic E-state index is -0.195. The summed E-state index contributed by atoms with van der Waals surface area (Å²) in [6, 6.07) is 9.01. The Morgan fingerprint density at radius 2 is 1.58 bits per heavy atom. The van der Waals surface area contributed by atoms with E-state index < -0.39 is 0 Å². The van der Waals surface area contributed by atoms with Crippen LogP contribution in [0.1, 0.15) is 36.9 Å². The highest BCUT2D eigenvalue weighted by Crippen LogP contribution is 2.33. The van der Waals surface area contributed by atoms with E-state index in [9.17, 15) is 4.39 Å². The standard InChI is InChI=1S/C22H28FN3/c1-25-12-14-26(15-13-25)22-16-21(17-8-10-18(23)11-9-17)24-20-7-5-3-2-4-6-19(20)22/h8-11,16H,2-7,12-15H2,1H3. The molecular formula is C22H28FN3. The average Bonchev–Trinajstić information content (AvgIpc) is 2.63. The van der Waals surface area contributed by atoms with Crippen LogP contribution in [0.2, 0.25) is 0 Å². The largest absolute Gasteiger partial charge is 0.369 e. The van der Waals surface area contributed by atoms with E-state index in [0.717, 1.165) is 50.3 Å². The first-order chi connectivity index (χ1) is 12.7. The van der Waals surface area contributed by atoms with Gasteiger partial charge in [0.25, 0.3) is 0 Å². The van der Waals surface area contributed by atoms with Gasteiger partial charge in [0.05, 0.1) is 5.69 Å². The number of hydrogen-bond donors (Lipinski definition) is 0. The second-order valence-electron chi connectivity index (χ2n) is 7.66. The number of fused-ring (bicyclic) bond motifs is 1. The molecule has 4 rings (SSSR count). The molecule has 138 valence electrons. The van der Waals surface area contributed by atoms with Crippen molar-refractivity contribution in [1.82, 2.24) is 9.88 Å². The normalized spacial score (nSPS) is 18.9. The van der Waals surface area contributed by atoms with Crippen LogP contribution in [0.15, 0.2) is 30.3 Å². The zero-order chi connectivity index (χ0) is 17.9. The Bertz CT molecular complexity index is 749. The molecule has 0 spiro atoms. The summed E-state index contributed by atoms with van der Waals surface area (Å²) in [5.74, 6) is -0.195. The van der Waals surface area contributed by atoms with E-state index in [4.69, 9.17) is 4.98 Å². The number of aromatic nitrogens is 1. The topological polar surface area (TPSA) is 19.4 Å². The lowest BCUT2D eigenvalue weighted by Crippen LogP contribution is -2.45. The van der Waals surface area contributed by atoms with Crippen LogP contribution in [0.5, 0.6) is 0 Å². The van der Waals surface area contributed by atoms with Crippen LogP contribution >= 0.6 is 0 Å². The minimum absolute atomic E-state index is 0.195. The van der Waals surface area contributed by atoms with Gasteiger partial charge in [0.1, 0.15) is 5.82 Å². The Kier molecular flexibility index (Phi) is 5.21. The maximum Gasteiger partial charge on any atom is 0.123 e. The Morgan fingerprint density at radius 1 is 0.885 bits per heavy atom. The molecule has 0 saturated carbocycles. The predicted molar refractivity (Wildman–Crippen MR) is 105 cm³/mol. The molecule has 0 atom stereocenters. The third-order valence-corrected chi connectivity index (χ3v) is 5.76. The third-order valence-electron chi connectivity index (χ3n) is 5.76. The van der Waals surface area contributed by atoms with Gasteiger partial charge in [0.15, 0.2) is 0 Å². The maximum absolute atomic E-state index is 13.3. The molecule has 1 aromatic carbocycles. The van der Waals surface area contributed by atoms with Crippen molar-refractivity contribution in [1.29, 1.82) is 0 Å². The molecule has 2 aromatic rings. The number of nitrogens with zero attached hydrogens (tertiary/aromatic N) is 3. The van der Waals surface area contributed by atoms with Gasteiger partial charge in [-0.15, -0.1) is 0 Å². The van der Waals surface area contributed by atoms with Crippen LogP contribution in [0.4, 0.5) is 10.1 Å². The number of pyridine rings is 1. The van der Waals surface area contributed by atoms with Crippen molar-refractivity contribution < 1.29 is 4.39 Å². The lowest BCUT2D eigenvalue weighted by molar-refractivity contribution is 0.312. The van der Waals surface area contributed by atoms with E-state index in [1.165, 1.54) is 54.8 Å². The number of likely N-dealkylation sites (N-methyl/N-ethyl adjacent to an activating group) is 1. The molecule has 1 fully saturated rings. The van der Waals surface area contributed by atoms with Gasteiger partial charge in [-0.05, 0) is 68.6 Å². The van der Waals surface area contributed by atoms with Crippen LogP contribution in [0, 0.1) is 5.82 Å². The quantitative estimate of drug-likeness (QED) is 0.802. The van der Waals surface area contributed by atoms with Crippen molar-refractivity contribution in [2.24, 2.45) is 0 Å². The summed E-state index contributed by atoms with van der Waals surface area (Å²) in [5.41, 5.74) is 6.08. The van der Waals surface area contributed by atoms with Crippen LogP contribution < -0.4 is 4.90 Å². The molecule has 2 aliphatic rings. The van der Waals surface area contributed by atoms with Crippen LogP contribution in [0.3, 0.4) is 0 Å². The number of benzene rings is 1. The summed E-state index contributed by atoms with van der Waals surface area (Å²) in [5, 5.41) is 0. The van der Waals surface area contributed by atoms with E-state index in [1.54, 1.807) is 0 Å². The number of rotatable bonds is 2. The lowest BCUT2D eigenvalue weighted by atomic mass is 9.94. The van der Waals surface area contributed by atoms with Gasteiger partial charge in [-0.3, -0.25) is 4.98 Å². The molecule has 0 unspecified atom stereocenters.